The topological polar surface area (TPSA) is 72.2 Å². The fourth-order valence-electron chi connectivity index (χ4n) is 2.48. The molecule has 6 heteroatoms. The number of benzene rings is 2. The summed E-state index contributed by atoms with van der Waals surface area (Å²) in [5.41, 5.74) is 7.26. The van der Waals surface area contributed by atoms with Gasteiger partial charge in [-0.2, -0.15) is 0 Å². The molecule has 138 valence electrons. The van der Waals surface area contributed by atoms with E-state index < -0.39 is 29.5 Å². The summed E-state index contributed by atoms with van der Waals surface area (Å²) >= 11 is 0. The molecule has 2 rings (SSSR count). The van der Waals surface area contributed by atoms with Gasteiger partial charge in [0.2, 0.25) is 5.91 Å². The number of primary amides is 1. The maximum Gasteiger partial charge on any atom is 0.252 e. The molecule has 0 radical (unpaired) electrons. The Morgan fingerprint density at radius 3 is 2.15 bits per heavy atom. The van der Waals surface area contributed by atoms with Crippen molar-refractivity contribution < 1.29 is 18.4 Å². The number of halogens is 2. The zero-order valence-corrected chi connectivity index (χ0v) is 15.0. The minimum absolute atomic E-state index is 0.00247. The number of hydrogen-bond acceptors (Lipinski definition) is 2. The number of carbonyl (C=O) groups excluding carboxylic acids is 2. The second kappa shape index (κ2) is 7.64. The number of rotatable bonds is 5. The minimum atomic E-state index is -1.13. The molecule has 0 bridgehead atoms. The average Bonchev–Trinajstić information content (AvgIpc) is 2.56. The van der Waals surface area contributed by atoms with E-state index in [2.05, 4.69) is 26.1 Å². The SMILES string of the molecule is CC(C)(C)c1ccc(C[C@H](NC(=O)c2ccc(F)c(F)c2)C(N)=O)cc1. The van der Waals surface area contributed by atoms with Gasteiger partial charge in [0.15, 0.2) is 11.6 Å². The van der Waals surface area contributed by atoms with Crippen LogP contribution in [0.4, 0.5) is 8.78 Å². The van der Waals surface area contributed by atoms with E-state index in [0.717, 1.165) is 29.3 Å². The molecular weight excluding hydrogens is 338 g/mol. The lowest BCUT2D eigenvalue weighted by Gasteiger charge is -2.20. The molecule has 0 aliphatic heterocycles. The molecule has 2 aromatic carbocycles. The summed E-state index contributed by atoms with van der Waals surface area (Å²) in [6, 6.07) is 9.49. The lowest BCUT2D eigenvalue weighted by atomic mass is 9.86. The average molecular weight is 360 g/mol. The van der Waals surface area contributed by atoms with Crippen molar-refractivity contribution in [3.63, 3.8) is 0 Å². The van der Waals surface area contributed by atoms with Crippen molar-refractivity contribution in [2.24, 2.45) is 5.73 Å². The summed E-state index contributed by atoms with van der Waals surface area (Å²) < 4.78 is 26.2. The van der Waals surface area contributed by atoms with Gasteiger partial charge in [-0.25, -0.2) is 8.78 Å². The van der Waals surface area contributed by atoms with Crippen LogP contribution in [0, 0.1) is 11.6 Å². The molecular formula is C20H22F2N2O2. The fraction of sp³-hybridized carbons (Fsp3) is 0.300. The lowest BCUT2D eigenvalue weighted by Crippen LogP contribution is -2.45. The number of hydrogen-bond donors (Lipinski definition) is 2. The molecule has 2 aromatic rings. The van der Waals surface area contributed by atoms with E-state index in [9.17, 15) is 18.4 Å². The van der Waals surface area contributed by atoms with Crippen LogP contribution in [-0.2, 0) is 16.6 Å². The van der Waals surface area contributed by atoms with Gasteiger partial charge in [0, 0.05) is 12.0 Å². The van der Waals surface area contributed by atoms with Gasteiger partial charge >= 0.3 is 0 Å². The lowest BCUT2D eigenvalue weighted by molar-refractivity contribution is -0.119. The first-order valence-corrected chi connectivity index (χ1v) is 8.22. The fourth-order valence-corrected chi connectivity index (χ4v) is 2.48. The molecule has 0 spiro atoms. The summed E-state index contributed by atoms with van der Waals surface area (Å²) in [6.45, 7) is 6.28. The molecule has 0 aliphatic rings. The molecule has 2 amide bonds. The Morgan fingerprint density at radius 1 is 1.04 bits per heavy atom. The number of nitrogens with one attached hydrogen (secondary N) is 1. The number of carbonyl (C=O) groups is 2. The summed E-state index contributed by atoms with van der Waals surface area (Å²) in [7, 11) is 0. The van der Waals surface area contributed by atoms with Crippen molar-refractivity contribution in [2.75, 3.05) is 0 Å². The van der Waals surface area contributed by atoms with Crippen molar-refractivity contribution in [1.82, 2.24) is 5.32 Å². The largest absolute Gasteiger partial charge is 0.368 e. The van der Waals surface area contributed by atoms with Gasteiger partial charge in [0.05, 0.1) is 0 Å². The van der Waals surface area contributed by atoms with E-state index in [1.165, 1.54) is 0 Å². The predicted octanol–water partition coefficient (Wildman–Crippen LogP) is 3.09. The second-order valence-electron chi connectivity index (χ2n) is 7.21. The van der Waals surface area contributed by atoms with Crippen LogP contribution in [0.5, 0.6) is 0 Å². The van der Waals surface area contributed by atoms with E-state index in [1.54, 1.807) is 0 Å². The molecule has 1 atom stereocenters. The predicted molar refractivity (Wildman–Crippen MR) is 95.7 cm³/mol. The van der Waals surface area contributed by atoms with Crippen LogP contribution in [-0.4, -0.2) is 17.9 Å². The van der Waals surface area contributed by atoms with Gasteiger partial charge in [-0.15, -0.1) is 0 Å². The summed E-state index contributed by atoms with van der Waals surface area (Å²) in [4.78, 5) is 23.9. The van der Waals surface area contributed by atoms with Crippen LogP contribution in [0.15, 0.2) is 42.5 Å². The number of amides is 2. The van der Waals surface area contributed by atoms with Crippen LogP contribution in [0.2, 0.25) is 0 Å². The first-order chi connectivity index (χ1) is 12.1. The molecule has 0 heterocycles. The first-order valence-electron chi connectivity index (χ1n) is 8.22. The van der Waals surface area contributed by atoms with Crippen LogP contribution in [0.1, 0.15) is 42.3 Å². The van der Waals surface area contributed by atoms with Gasteiger partial charge in [0.1, 0.15) is 6.04 Å². The zero-order chi connectivity index (χ0) is 19.5. The third kappa shape index (κ3) is 4.88. The van der Waals surface area contributed by atoms with Crippen LogP contribution in [0.3, 0.4) is 0 Å². The molecule has 3 N–H and O–H groups in total. The van der Waals surface area contributed by atoms with Gasteiger partial charge < -0.3 is 11.1 Å². The molecule has 4 nitrogen and oxygen atoms in total. The van der Waals surface area contributed by atoms with E-state index in [4.69, 9.17) is 5.73 Å². The first kappa shape index (κ1) is 19.6. The maximum atomic E-state index is 13.3. The van der Waals surface area contributed by atoms with Crippen LogP contribution >= 0.6 is 0 Å². The van der Waals surface area contributed by atoms with E-state index >= 15 is 0 Å². The Kier molecular flexibility index (Phi) is 5.75. The van der Waals surface area contributed by atoms with E-state index in [-0.39, 0.29) is 17.4 Å². The normalized spacial score (nSPS) is 12.5. The quantitative estimate of drug-likeness (QED) is 0.860. The monoisotopic (exact) mass is 360 g/mol. The highest BCUT2D eigenvalue weighted by atomic mass is 19.2. The zero-order valence-electron chi connectivity index (χ0n) is 15.0. The van der Waals surface area contributed by atoms with Crippen molar-refractivity contribution >= 4 is 11.8 Å². The van der Waals surface area contributed by atoms with Crippen LogP contribution < -0.4 is 11.1 Å². The van der Waals surface area contributed by atoms with Gasteiger partial charge in [-0.1, -0.05) is 45.0 Å². The summed E-state index contributed by atoms with van der Waals surface area (Å²) in [5.74, 6) is -3.59. The van der Waals surface area contributed by atoms with Crippen molar-refractivity contribution in [3.8, 4) is 0 Å². The Morgan fingerprint density at radius 2 is 1.65 bits per heavy atom. The smallest absolute Gasteiger partial charge is 0.252 e. The molecule has 26 heavy (non-hydrogen) atoms. The van der Waals surface area contributed by atoms with Crippen LogP contribution in [0.25, 0.3) is 0 Å². The molecule has 0 fully saturated rings. The summed E-state index contributed by atoms with van der Waals surface area (Å²) in [5, 5.41) is 2.47. The second-order valence-corrected chi connectivity index (χ2v) is 7.21. The molecule has 0 saturated carbocycles. The Hall–Kier alpha value is -2.76. The maximum absolute atomic E-state index is 13.3. The Balaban J connectivity index is 2.12. The molecule has 0 unspecified atom stereocenters. The van der Waals surface area contributed by atoms with Gasteiger partial charge in [-0.05, 0) is 34.7 Å². The Bertz CT molecular complexity index is 812. The van der Waals surface area contributed by atoms with Crippen molar-refractivity contribution in [3.05, 3.63) is 70.8 Å². The standard InChI is InChI=1S/C20H22F2N2O2/c1-20(2,3)14-7-4-12(5-8-14)10-17(18(23)25)24-19(26)13-6-9-15(21)16(22)11-13/h4-9,11,17H,10H2,1-3H3,(H2,23,25)(H,24,26)/t17-/m0/s1. The van der Waals surface area contributed by atoms with Crippen molar-refractivity contribution in [1.29, 1.82) is 0 Å². The highest BCUT2D eigenvalue weighted by Gasteiger charge is 2.21. The van der Waals surface area contributed by atoms with Crippen molar-refractivity contribution in [2.45, 2.75) is 38.6 Å². The molecule has 0 aromatic heterocycles. The highest BCUT2D eigenvalue weighted by Crippen LogP contribution is 2.22. The minimum Gasteiger partial charge on any atom is -0.368 e. The Labute approximate surface area is 151 Å². The highest BCUT2D eigenvalue weighted by molar-refractivity contribution is 5.97. The molecule has 0 aliphatic carbocycles. The number of nitrogens with two attached hydrogens (primary N) is 1. The molecule has 0 saturated heterocycles. The van der Waals surface area contributed by atoms with Gasteiger partial charge in [0.25, 0.3) is 5.91 Å². The van der Waals surface area contributed by atoms with E-state index in [1.807, 2.05) is 24.3 Å². The third-order valence-electron chi connectivity index (χ3n) is 4.09. The van der Waals surface area contributed by atoms with E-state index in [0.29, 0.717) is 0 Å². The van der Waals surface area contributed by atoms with Gasteiger partial charge in [-0.3, -0.25) is 9.59 Å². The third-order valence-corrected chi connectivity index (χ3v) is 4.09. The summed E-state index contributed by atoms with van der Waals surface area (Å²) in [6.07, 6.45) is 0.204.